The Labute approximate surface area is 398 Å². The molecule has 0 aliphatic carbocycles. The summed E-state index contributed by atoms with van der Waals surface area (Å²) in [7, 11) is 0. The number of allylic oxidation sites excluding steroid dienone is 2. The van der Waals surface area contributed by atoms with Gasteiger partial charge in [0, 0.05) is 0 Å². The summed E-state index contributed by atoms with van der Waals surface area (Å²) in [6.45, 7) is 3.40. The molecule has 1 aliphatic rings. The standard InChI is InChI=1S/C54H105NO10/c1-3-5-7-9-11-13-14-15-16-17-18-19-20-21-22-23-24-25-26-27-28-29-30-31-32-34-36-38-40-42-47(58)53(63)55-45(44-64-54-52(62)51(61)50(60)48(43-56)65-54)49(59)46(57)41-39-37-35-33-12-10-8-6-4-2/h33,35,45-52,54,56-62H,3-32,34,36-44H2,1-2H3,(H,55,63)/b35-33+. The fraction of sp³-hybridized carbons (Fsp3) is 0.944. The number of unbranched alkanes of at least 4 members (excludes halogenated alkanes) is 33. The Kier molecular flexibility index (Phi) is 42.0. The Bertz CT molecular complexity index is 1060. The number of aliphatic hydroxyl groups is 7. The van der Waals surface area contributed by atoms with Gasteiger partial charge in [-0.2, -0.15) is 0 Å². The quantitative estimate of drug-likeness (QED) is 0.0215. The van der Waals surface area contributed by atoms with Crippen molar-refractivity contribution in [2.45, 2.75) is 313 Å². The van der Waals surface area contributed by atoms with E-state index in [4.69, 9.17) is 9.47 Å². The largest absolute Gasteiger partial charge is 0.394 e. The zero-order valence-corrected chi connectivity index (χ0v) is 42.0. The second kappa shape index (κ2) is 44.1. The van der Waals surface area contributed by atoms with Crippen LogP contribution in [-0.4, -0.2) is 110 Å². The molecule has 65 heavy (non-hydrogen) atoms. The summed E-state index contributed by atoms with van der Waals surface area (Å²) in [6.07, 6.45) is 38.9. The van der Waals surface area contributed by atoms with Gasteiger partial charge in [-0.1, -0.05) is 231 Å². The molecule has 0 aromatic rings. The molecule has 0 radical (unpaired) electrons. The molecule has 11 nitrogen and oxygen atoms in total. The van der Waals surface area contributed by atoms with Crippen molar-refractivity contribution in [3.8, 4) is 0 Å². The van der Waals surface area contributed by atoms with Crippen LogP contribution in [0.4, 0.5) is 0 Å². The minimum atomic E-state index is -1.66. The maximum atomic E-state index is 13.1. The molecule has 0 saturated carbocycles. The van der Waals surface area contributed by atoms with Crippen molar-refractivity contribution >= 4 is 5.91 Å². The van der Waals surface area contributed by atoms with Crippen molar-refractivity contribution in [3.63, 3.8) is 0 Å². The highest BCUT2D eigenvalue weighted by molar-refractivity contribution is 5.80. The Hall–Kier alpha value is -1.15. The second-order valence-electron chi connectivity index (χ2n) is 19.7. The van der Waals surface area contributed by atoms with E-state index in [0.29, 0.717) is 12.8 Å². The van der Waals surface area contributed by atoms with Crippen LogP contribution in [0.2, 0.25) is 0 Å². The van der Waals surface area contributed by atoms with Crippen molar-refractivity contribution in [1.29, 1.82) is 0 Å². The summed E-state index contributed by atoms with van der Waals surface area (Å²) >= 11 is 0. The van der Waals surface area contributed by atoms with E-state index in [2.05, 4.69) is 31.3 Å². The molecule has 11 heteroatoms. The van der Waals surface area contributed by atoms with Crippen LogP contribution in [0.5, 0.6) is 0 Å². The lowest BCUT2D eigenvalue weighted by Crippen LogP contribution is -2.60. The van der Waals surface area contributed by atoms with Gasteiger partial charge >= 0.3 is 0 Å². The first-order valence-corrected chi connectivity index (χ1v) is 27.6. The molecular formula is C54H105NO10. The van der Waals surface area contributed by atoms with E-state index >= 15 is 0 Å². The van der Waals surface area contributed by atoms with Crippen LogP contribution >= 0.6 is 0 Å². The molecule has 386 valence electrons. The summed E-state index contributed by atoms with van der Waals surface area (Å²) in [5.41, 5.74) is 0. The van der Waals surface area contributed by atoms with E-state index < -0.39 is 74.2 Å². The summed E-state index contributed by atoms with van der Waals surface area (Å²) in [5.74, 6) is -0.704. The van der Waals surface area contributed by atoms with Crippen molar-refractivity contribution in [2.24, 2.45) is 0 Å². The van der Waals surface area contributed by atoms with E-state index in [0.717, 1.165) is 38.5 Å². The third-order valence-electron chi connectivity index (χ3n) is 13.6. The fourth-order valence-electron chi connectivity index (χ4n) is 9.03. The summed E-state index contributed by atoms with van der Waals surface area (Å²) in [6, 6.07) is -1.18. The summed E-state index contributed by atoms with van der Waals surface area (Å²) in [4.78, 5) is 13.1. The lowest BCUT2D eigenvalue weighted by Gasteiger charge is -2.40. The van der Waals surface area contributed by atoms with Gasteiger partial charge in [-0.3, -0.25) is 4.79 Å². The van der Waals surface area contributed by atoms with Crippen molar-refractivity contribution < 1.29 is 50.0 Å². The number of ether oxygens (including phenoxy) is 2. The van der Waals surface area contributed by atoms with Crippen molar-refractivity contribution in [1.82, 2.24) is 5.32 Å². The number of rotatable bonds is 47. The average Bonchev–Trinajstić information content (AvgIpc) is 3.31. The van der Waals surface area contributed by atoms with Crippen LogP contribution in [0.25, 0.3) is 0 Å². The first kappa shape index (κ1) is 61.9. The third-order valence-corrected chi connectivity index (χ3v) is 13.6. The number of carbonyl (C=O) groups excluding carboxylic acids is 1. The lowest BCUT2D eigenvalue weighted by molar-refractivity contribution is -0.303. The predicted octanol–water partition coefficient (Wildman–Crippen LogP) is 10.8. The smallest absolute Gasteiger partial charge is 0.249 e. The molecule has 9 atom stereocenters. The zero-order chi connectivity index (χ0) is 47.6. The predicted molar refractivity (Wildman–Crippen MR) is 266 cm³/mol. The molecule has 1 heterocycles. The minimum absolute atomic E-state index is 0.259. The zero-order valence-electron chi connectivity index (χ0n) is 42.0. The topological polar surface area (TPSA) is 189 Å². The van der Waals surface area contributed by atoms with Gasteiger partial charge in [0.1, 0.15) is 36.6 Å². The fourth-order valence-corrected chi connectivity index (χ4v) is 9.03. The molecule has 1 rings (SSSR count). The first-order chi connectivity index (χ1) is 31.7. The number of carbonyl (C=O) groups is 1. The van der Waals surface area contributed by atoms with Crippen LogP contribution in [0, 0.1) is 0 Å². The Morgan fingerprint density at radius 3 is 1.32 bits per heavy atom. The van der Waals surface area contributed by atoms with Gasteiger partial charge in [0.15, 0.2) is 6.29 Å². The van der Waals surface area contributed by atoms with Gasteiger partial charge in [0.05, 0.1) is 25.4 Å². The number of hydrogen-bond donors (Lipinski definition) is 8. The van der Waals surface area contributed by atoms with Gasteiger partial charge in [-0.15, -0.1) is 0 Å². The van der Waals surface area contributed by atoms with E-state index in [9.17, 15) is 40.5 Å². The highest BCUT2D eigenvalue weighted by atomic mass is 16.7. The van der Waals surface area contributed by atoms with Crippen LogP contribution in [0.1, 0.15) is 258 Å². The van der Waals surface area contributed by atoms with Crippen LogP contribution in [-0.2, 0) is 14.3 Å². The van der Waals surface area contributed by atoms with Crippen LogP contribution < -0.4 is 5.32 Å². The molecule has 8 N–H and O–H groups in total. The third kappa shape index (κ3) is 33.1. The van der Waals surface area contributed by atoms with E-state index in [1.54, 1.807) is 0 Å². The van der Waals surface area contributed by atoms with Crippen LogP contribution in [0.15, 0.2) is 12.2 Å². The first-order valence-electron chi connectivity index (χ1n) is 27.6. The Morgan fingerprint density at radius 1 is 0.523 bits per heavy atom. The van der Waals surface area contributed by atoms with Crippen molar-refractivity contribution in [3.05, 3.63) is 12.2 Å². The molecule has 0 spiro atoms. The van der Waals surface area contributed by atoms with E-state index in [1.807, 2.05) is 0 Å². The Morgan fingerprint density at radius 2 is 0.908 bits per heavy atom. The van der Waals surface area contributed by atoms with Gasteiger partial charge < -0.3 is 50.5 Å². The maximum Gasteiger partial charge on any atom is 0.249 e. The molecule has 9 unspecified atom stereocenters. The lowest BCUT2D eigenvalue weighted by atomic mass is 9.98. The van der Waals surface area contributed by atoms with Crippen molar-refractivity contribution in [2.75, 3.05) is 13.2 Å². The number of nitrogens with one attached hydrogen (secondary N) is 1. The second-order valence-corrected chi connectivity index (χ2v) is 19.7. The summed E-state index contributed by atoms with van der Waals surface area (Å²) in [5, 5.41) is 75.6. The van der Waals surface area contributed by atoms with E-state index in [-0.39, 0.29) is 12.8 Å². The van der Waals surface area contributed by atoms with Gasteiger partial charge in [0.25, 0.3) is 0 Å². The molecule has 1 amide bonds. The molecule has 0 aromatic carbocycles. The maximum absolute atomic E-state index is 13.1. The van der Waals surface area contributed by atoms with Gasteiger partial charge in [0.2, 0.25) is 5.91 Å². The van der Waals surface area contributed by atoms with Crippen LogP contribution in [0.3, 0.4) is 0 Å². The van der Waals surface area contributed by atoms with Gasteiger partial charge in [-0.05, 0) is 38.5 Å². The molecule has 0 aromatic heterocycles. The number of amides is 1. The van der Waals surface area contributed by atoms with E-state index in [1.165, 1.54) is 180 Å². The highest BCUT2D eigenvalue weighted by Gasteiger charge is 2.44. The normalized spacial score (nSPS) is 20.9. The SMILES string of the molecule is CCCCCC/C=C/CCCC(O)C(O)C(COC1OC(CO)C(O)C(O)C1O)NC(=O)C(O)CCCCCCCCCCCCCCCCCCCCCCCCCCCCCCC. The number of hydrogen-bond acceptors (Lipinski definition) is 10. The average molecular weight is 928 g/mol. The summed E-state index contributed by atoms with van der Waals surface area (Å²) < 4.78 is 11.1. The molecular weight excluding hydrogens is 823 g/mol. The molecule has 0 bridgehead atoms. The molecule has 1 saturated heterocycles. The van der Waals surface area contributed by atoms with Gasteiger partial charge in [-0.25, -0.2) is 0 Å². The molecule has 1 fully saturated rings. The highest BCUT2D eigenvalue weighted by Crippen LogP contribution is 2.23. The number of aliphatic hydroxyl groups excluding tert-OH is 7. The monoisotopic (exact) mass is 928 g/mol. The minimum Gasteiger partial charge on any atom is -0.394 e. The molecule has 1 aliphatic heterocycles. The Balaban J connectivity index is 2.18.